The fraction of sp³-hybridized carbons (Fsp3) is 0.300. The molecule has 1 aromatic carbocycles. The van der Waals surface area contributed by atoms with Crippen molar-refractivity contribution in [1.29, 1.82) is 0 Å². The number of benzene rings is 1. The molecule has 0 aliphatic rings. The maximum Gasteiger partial charge on any atom is 0.244 e. The molecule has 5 N–H and O–H groups in total. The van der Waals surface area contributed by atoms with Gasteiger partial charge in [0.1, 0.15) is 10.7 Å². The Morgan fingerprint density at radius 1 is 1.44 bits per heavy atom. The number of sulfonamides is 1. The third-order valence-electron chi connectivity index (χ3n) is 2.29. The highest BCUT2D eigenvalue weighted by molar-refractivity contribution is 7.89. The summed E-state index contributed by atoms with van der Waals surface area (Å²) in [6.45, 7) is 2.65. The number of rotatable bonds is 4. The monoisotopic (exact) mass is 275 g/mol. The fourth-order valence-electron chi connectivity index (χ4n) is 1.31. The van der Waals surface area contributed by atoms with E-state index < -0.39 is 32.7 Å². The number of hydrogen-bond acceptors (Lipinski definition) is 4. The maximum absolute atomic E-state index is 13.7. The highest BCUT2D eigenvalue weighted by Crippen LogP contribution is 2.21. The summed E-state index contributed by atoms with van der Waals surface area (Å²) in [5, 5.41) is 0. The molecule has 1 atom stereocenters. The molecule has 1 unspecified atom stereocenters. The van der Waals surface area contributed by atoms with Gasteiger partial charge in [-0.3, -0.25) is 4.79 Å². The lowest BCUT2D eigenvalue weighted by molar-refractivity contribution is -0.119. The van der Waals surface area contributed by atoms with Gasteiger partial charge in [-0.25, -0.2) is 12.8 Å². The maximum atomic E-state index is 13.7. The van der Waals surface area contributed by atoms with Crippen LogP contribution in [0.2, 0.25) is 0 Å². The molecule has 0 fully saturated rings. The molecule has 1 amide bonds. The van der Waals surface area contributed by atoms with Gasteiger partial charge >= 0.3 is 0 Å². The van der Waals surface area contributed by atoms with Crippen LogP contribution < -0.4 is 16.2 Å². The van der Waals surface area contributed by atoms with Gasteiger partial charge in [0, 0.05) is 5.69 Å². The van der Waals surface area contributed by atoms with E-state index in [-0.39, 0.29) is 11.3 Å². The van der Waals surface area contributed by atoms with E-state index in [0.717, 1.165) is 6.07 Å². The number of hydrogen-bond donors (Lipinski definition) is 3. The van der Waals surface area contributed by atoms with Gasteiger partial charge in [-0.15, -0.1) is 0 Å². The van der Waals surface area contributed by atoms with Crippen LogP contribution in [0.5, 0.6) is 0 Å². The number of carbonyl (C=O) groups is 1. The molecule has 1 rings (SSSR count). The summed E-state index contributed by atoms with van der Waals surface area (Å²) in [5.41, 5.74) is 10.6. The molecule has 0 aliphatic heterocycles. The second kappa shape index (κ2) is 4.91. The van der Waals surface area contributed by atoms with Crippen molar-refractivity contribution in [3.63, 3.8) is 0 Å². The van der Waals surface area contributed by atoms with Gasteiger partial charge in [0.2, 0.25) is 15.9 Å². The molecule has 0 radical (unpaired) electrons. The van der Waals surface area contributed by atoms with Crippen LogP contribution in [0.25, 0.3) is 0 Å². The van der Waals surface area contributed by atoms with Crippen LogP contribution in [-0.2, 0) is 14.8 Å². The smallest absolute Gasteiger partial charge is 0.244 e. The zero-order valence-electron chi connectivity index (χ0n) is 9.90. The molecule has 0 saturated carbocycles. The Bertz CT molecular complexity index is 586. The number of aryl methyl sites for hydroxylation is 1. The third kappa shape index (κ3) is 2.96. The number of carbonyl (C=O) groups excluding carboxylic acids is 1. The number of anilines is 1. The Balaban J connectivity index is 3.25. The highest BCUT2D eigenvalue weighted by Gasteiger charge is 2.24. The minimum atomic E-state index is -4.19. The highest BCUT2D eigenvalue weighted by atomic mass is 32.2. The van der Waals surface area contributed by atoms with Gasteiger partial charge in [0.25, 0.3) is 0 Å². The topological polar surface area (TPSA) is 115 Å². The van der Waals surface area contributed by atoms with Gasteiger partial charge in [0.05, 0.1) is 6.04 Å². The predicted molar refractivity (Wildman–Crippen MR) is 64.5 cm³/mol. The van der Waals surface area contributed by atoms with Crippen LogP contribution in [-0.4, -0.2) is 20.4 Å². The van der Waals surface area contributed by atoms with Crippen molar-refractivity contribution in [2.24, 2.45) is 5.73 Å². The Hall–Kier alpha value is -1.67. The molecule has 100 valence electrons. The SMILES string of the molecule is Cc1cc(N)cc(S(=O)(=O)NC(C)C(N)=O)c1F. The average Bonchev–Trinajstić information content (AvgIpc) is 2.22. The largest absolute Gasteiger partial charge is 0.399 e. The minimum absolute atomic E-state index is 0.0992. The number of amides is 1. The van der Waals surface area contributed by atoms with Crippen molar-refractivity contribution in [3.8, 4) is 0 Å². The van der Waals surface area contributed by atoms with Crippen molar-refractivity contribution in [1.82, 2.24) is 4.72 Å². The first-order chi connectivity index (χ1) is 8.15. The molecule has 0 aliphatic carbocycles. The number of nitrogen functional groups attached to an aromatic ring is 1. The van der Waals surface area contributed by atoms with Crippen molar-refractivity contribution in [2.75, 3.05) is 5.73 Å². The molecule has 0 aromatic heterocycles. The normalized spacial score (nSPS) is 13.3. The van der Waals surface area contributed by atoms with Crippen LogP contribution in [0.3, 0.4) is 0 Å². The predicted octanol–water partition coefficient (Wildman–Crippen LogP) is -0.132. The number of primary amides is 1. The molecule has 0 spiro atoms. The number of halogens is 1. The lowest BCUT2D eigenvalue weighted by atomic mass is 10.2. The first-order valence-electron chi connectivity index (χ1n) is 5.02. The second-order valence-corrected chi connectivity index (χ2v) is 5.58. The van der Waals surface area contributed by atoms with Gasteiger partial charge in [-0.05, 0) is 31.5 Å². The fourth-order valence-corrected chi connectivity index (χ4v) is 2.71. The van der Waals surface area contributed by atoms with E-state index in [9.17, 15) is 17.6 Å². The molecular weight excluding hydrogens is 261 g/mol. The van der Waals surface area contributed by atoms with Gasteiger partial charge < -0.3 is 11.5 Å². The van der Waals surface area contributed by atoms with Crippen LogP contribution in [0.1, 0.15) is 12.5 Å². The Morgan fingerprint density at radius 3 is 2.50 bits per heavy atom. The Labute approximate surface area is 104 Å². The molecule has 0 heterocycles. The first-order valence-corrected chi connectivity index (χ1v) is 6.50. The lowest BCUT2D eigenvalue weighted by Gasteiger charge is -2.13. The molecule has 6 nitrogen and oxygen atoms in total. The molecule has 0 bridgehead atoms. The summed E-state index contributed by atoms with van der Waals surface area (Å²) in [6, 6.07) is 1.15. The zero-order chi connectivity index (χ0) is 14.1. The van der Waals surface area contributed by atoms with Crippen LogP contribution >= 0.6 is 0 Å². The summed E-state index contributed by atoms with van der Waals surface area (Å²) >= 11 is 0. The summed E-state index contributed by atoms with van der Waals surface area (Å²) in [5.74, 6) is -1.77. The number of nitrogens with two attached hydrogens (primary N) is 2. The van der Waals surface area contributed by atoms with Gasteiger partial charge in [0.15, 0.2) is 0 Å². The van der Waals surface area contributed by atoms with Crippen molar-refractivity contribution in [2.45, 2.75) is 24.8 Å². The quantitative estimate of drug-likeness (QED) is 0.664. The first kappa shape index (κ1) is 14.4. The minimum Gasteiger partial charge on any atom is -0.399 e. The summed E-state index contributed by atoms with van der Waals surface area (Å²) in [7, 11) is -4.19. The summed E-state index contributed by atoms with van der Waals surface area (Å²) in [4.78, 5) is 10.2. The van der Waals surface area contributed by atoms with Crippen LogP contribution in [0, 0.1) is 12.7 Å². The van der Waals surface area contributed by atoms with E-state index in [1.54, 1.807) is 0 Å². The van der Waals surface area contributed by atoms with E-state index in [1.165, 1.54) is 19.9 Å². The van der Waals surface area contributed by atoms with Gasteiger partial charge in [-0.1, -0.05) is 0 Å². The average molecular weight is 275 g/mol. The third-order valence-corrected chi connectivity index (χ3v) is 3.83. The van der Waals surface area contributed by atoms with E-state index in [1.807, 2.05) is 4.72 Å². The van der Waals surface area contributed by atoms with Crippen LogP contribution in [0.4, 0.5) is 10.1 Å². The molecule has 1 aromatic rings. The second-order valence-electron chi connectivity index (χ2n) is 3.90. The zero-order valence-corrected chi connectivity index (χ0v) is 10.7. The molecule has 8 heteroatoms. The van der Waals surface area contributed by atoms with Crippen molar-refractivity contribution in [3.05, 3.63) is 23.5 Å². The van der Waals surface area contributed by atoms with Gasteiger partial charge in [-0.2, -0.15) is 4.72 Å². The van der Waals surface area contributed by atoms with E-state index in [4.69, 9.17) is 11.5 Å². The lowest BCUT2D eigenvalue weighted by Crippen LogP contribution is -2.42. The van der Waals surface area contributed by atoms with E-state index in [2.05, 4.69) is 0 Å². The molecule has 0 saturated heterocycles. The van der Waals surface area contributed by atoms with E-state index in [0.29, 0.717) is 0 Å². The van der Waals surface area contributed by atoms with Crippen LogP contribution in [0.15, 0.2) is 17.0 Å². The Morgan fingerprint density at radius 2 is 2.00 bits per heavy atom. The summed E-state index contributed by atoms with van der Waals surface area (Å²) in [6.07, 6.45) is 0. The summed E-state index contributed by atoms with van der Waals surface area (Å²) < 4.78 is 39.4. The molecular formula is C10H14FN3O3S. The van der Waals surface area contributed by atoms with E-state index >= 15 is 0 Å². The standard InChI is InChI=1S/C10H14FN3O3S/c1-5-3-7(12)4-8(9(5)11)18(16,17)14-6(2)10(13)15/h3-4,6,14H,12H2,1-2H3,(H2,13,15). The van der Waals surface area contributed by atoms with Crippen molar-refractivity contribution < 1.29 is 17.6 Å². The Kier molecular flexibility index (Phi) is 3.92. The van der Waals surface area contributed by atoms with Crippen molar-refractivity contribution >= 4 is 21.6 Å². The number of nitrogens with one attached hydrogen (secondary N) is 1. The molecule has 18 heavy (non-hydrogen) atoms.